The molecule has 1 atom stereocenters. The highest BCUT2D eigenvalue weighted by Gasteiger charge is 2.12. The van der Waals surface area contributed by atoms with E-state index in [1.54, 1.807) is 30.6 Å². The van der Waals surface area contributed by atoms with Gasteiger partial charge in [0.2, 0.25) is 5.91 Å². The zero-order valence-electron chi connectivity index (χ0n) is 13.8. The molecule has 1 amide bonds. The summed E-state index contributed by atoms with van der Waals surface area (Å²) >= 11 is 3.34. The predicted molar refractivity (Wildman–Crippen MR) is 103 cm³/mol. The van der Waals surface area contributed by atoms with Crippen molar-refractivity contribution in [1.29, 1.82) is 0 Å². The summed E-state index contributed by atoms with van der Waals surface area (Å²) in [5.74, 6) is 1.58. The maximum absolute atomic E-state index is 12.0. The maximum Gasteiger partial charge on any atom is 0.241 e. The van der Waals surface area contributed by atoms with Crippen LogP contribution in [-0.4, -0.2) is 31.1 Å². The van der Waals surface area contributed by atoms with Crippen molar-refractivity contribution in [3.63, 3.8) is 0 Å². The summed E-state index contributed by atoms with van der Waals surface area (Å²) in [5, 5.41) is 2.86. The fraction of sp³-hybridized carbons (Fsp3) is 0.278. The minimum Gasteiger partial charge on any atom is -0.497 e. The minimum atomic E-state index is -0.467. The van der Waals surface area contributed by atoms with E-state index in [0.29, 0.717) is 6.42 Å². The van der Waals surface area contributed by atoms with Gasteiger partial charge in [0, 0.05) is 15.5 Å². The molecule has 3 N–H and O–H groups in total. The Balaban J connectivity index is 1.91. The van der Waals surface area contributed by atoms with Gasteiger partial charge in [-0.1, -0.05) is 11.8 Å². The first-order valence-electron chi connectivity index (χ1n) is 7.59. The summed E-state index contributed by atoms with van der Waals surface area (Å²) in [6.07, 6.45) is 2.68. The molecule has 0 saturated heterocycles. The van der Waals surface area contributed by atoms with Gasteiger partial charge in [-0.3, -0.25) is 4.79 Å². The Hall–Kier alpha value is -1.63. The number of anilines is 1. The molecule has 0 aliphatic rings. The summed E-state index contributed by atoms with van der Waals surface area (Å²) in [6.45, 7) is 0. The van der Waals surface area contributed by atoms with E-state index >= 15 is 0 Å². The zero-order chi connectivity index (χ0) is 17.4. The number of nitrogens with two attached hydrogens (primary N) is 1. The number of ether oxygens (including phenoxy) is 1. The highest BCUT2D eigenvalue weighted by atomic mass is 32.2. The summed E-state index contributed by atoms with van der Waals surface area (Å²) in [4.78, 5) is 14.2. The van der Waals surface area contributed by atoms with Crippen LogP contribution in [0, 0.1) is 0 Å². The lowest BCUT2D eigenvalue weighted by atomic mass is 10.2. The van der Waals surface area contributed by atoms with Crippen LogP contribution in [0.3, 0.4) is 0 Å². The average molecular weight is 363 g/mol. The SMILES string of the molecule is COc1ccc(Sc2ccc(NC(=O)[C@@H](N)CCSC)cc2)cc1. The minimum absolute atomic E-state index is 0.139. The Labute approximate surface area is 151 Å². The van der Waals surface area contributed by atoms with E-state index < -0.39 is 6.04 Å². The largest absolute Gasteiger partial charge is 0.497 e. The number of thioether (sulfide) groups is 1. The van der Waals surface area contributed by atoms with Crippen molar-refractivity contribution in [1.82, 2.24) is 0 Å². The van der Waals surface area contributed by atoms with Crippen molar-refractivity contribution in [2.24, 2.45) is 5.73 Å². The first kappa shape index (κ1) is 18.7. The highest BCUT2D eigenvalue weighted by molar-refractivity contribution is 7.99. The van der Waals surface area contributed by atoms with E-state index in [-0.39, 0.29) is 5.91 Å². The van der Waals surface area contributed by atoms with Gasteiger partial charge in [0.1, 0.15) is 5.75 Å². The molecule has 0 heterocycles. The molecule has 2 aromatic carbocycles. The molecule has 0 aliphatic heterocycles. The molecule has 0 radical (unpaired) electrons. The van der Waals surface area contributed by atoms with E-state index in [2.05, 4.69) is 5.32 Å². The molecular formula is C18H22N2O2S2. The number of nitrogens with one attached hydrogen (secondary N) is 1. The summed E-state index contributed by atoms with van der Waals surface area (Å²) in [6, 6.07) is 15.2. The van der Waals surface area contributed by atoms with Gasteiger partial charge in [0.15, 0.2) is 0 Å². The summed E-state index contributed by atoms with van der Waals surface area (Å²) in [5.41, 5.74) is 6.63. The average Bonchev–Trinajstić information content (AvgIpc) is 2.62. The van der Waals surface area contributed by atoms with Crippen molar-refractivity contribution in [2.45, 2.75) is 22.3 Å². The van der Waals surface area contributed by atoms with Crippen molar-refractivity contribution in [2.75, 3.05) is 24.4 Å². The van der Waals surface area contributed by atoms with Gasteiger partial charge in [-0.2, -0.15) is 11.8 Å². The first-order chi connectivity index (χ1) is 11.6. The van der Waals surface area contributed by atoms with Gasteiger partial charge < -0.3 is 15.8 Å². The maximum atomic E-state index is 12.0. The number of carbonyl (C=O) groups is 1. The number of amides is 1. The van der Waals surface area contributed by atoms with Gasteiger partial charge in [-0.15, -0.1) is 0 Å². The summed E-state index contributed by atoms with van der Waals surface area (Å²) < 4.78 is 5.15. The highest BCUT2D eigenvalue weighted by Crippen LogP contribution is 2.29. The smallest absolute Gasteiger partial charge is 0.241 e. The molecule has 0 aliphatic carbocycles. The van der Waals surface area contributed by atoms with Crippen molar-refractivity contribution in [3.05, 3.63) is 48.5 Å². The molecule has 0 fully saturated rings. The number of hydrogen-bond acceptors (Lipinski definition) is 5. The van der Waals surface area contributed by atoms with Gasteiger partial charge in [-0.05, 0) is 67.0 Å². The van der Waals surface area contributed by atoms with E-state index in [1.165, 1.54) is 0 Å². The van der Waals surface area contributed by atoms with E-state index in [0.717, 1.165) is 27.0 Å². The second kappa shape index (κ2) is 9.61. The van der Waals surface area contributed by atoms with E-state index in [1.807, 2.05) is 54.8 Å². The van der Waals surface area contributed by atoms with Crippen LogP contribution < -0.4 is 15.8 Å². The van der Waals surface area contributed by atoms with Gasteiger partial charge >= 0.3 is 0 Å². The Morgan fingerprint density at radius 1 is 1.12 bits per heavy atom. The fourth-order valence-electron chi connectivity index (χ4n) is 2.00. The van der Waals surface area contributed by atoms with Crippen LogP contribution in [0.15, 0.2) is 58.3 Å². The first-order valence-corrected chi connectivity index (χ1v) is 9.81. The molecule has 2 aromatic rings. The summed E-state index contributed by atoms with van der Waals surface area (Å²) in [7, 11) is 1.65. The van der Waals surface area contributed by atoms with Gasteiger partial charge in [0.05, 0.1) is 13.2 Å². The van der Waals surface area contributed by atoms with Crippen LogP contribution in [0.1, 0.15) is 6.42 Å². The number of carbonyl (C=O) groups excluding carboxylic acids is 1. The quantitative estimate of drug-likeness (QED) is 0.746. The fourth-order valence-corrected chi connectivity index (χ4v) is 3.30. The third-order valence-corrected chi connectivity index (χ3v) is 5.05. The van der Waals surface area contributed by atoms with Crippen molar-refractivity contribution >= 4 is 35.1 Å². The number of hydrogen-bond donors (Lipinski definition) is 2. The Kier molecular flexibility index (Phi) is 7.49. The van der Waals surface area contributed by atoms with Gasteiger partial charge in [-0.25, -0.2) is 0 Å². The second-order valence-corrected chi connectivity index (χ2v) is 7.31. The normalized spacial score (nSPS) is 11.8. The van der Waals surface area contributed by atoms with Gasteiger partial charge in [0.25, 0.3) is 0 Å². The van der Waals surface area contributed by atoms with Crippen molar-refractivity contribution in [3.8, 4) is 5.75 Å². The Bertz CT molecular complexity index is 645. The lowest BCUT2D eigenvalue weighted by Gasteiger charge is -2.12. The predicted octanol–water partition coefficient (Wildman–Crippen LogP) is 3.87. The number of rotatable bonds is 8. The Morgan fingerprint density at radius 2 is 1.71 bits per heavy atom. The molecule has 128 valence electrons. The van der Waals surface area contributed by atoms with Crippen LogP contribution >= 0.6 is 23.5 Å². The van der Waals surface area contributed by atoms with Crippen LogP contribution in [0.2, 0.25) is 0 Å². The molecule has 0 spiro atoms. The molecule has 2 rings (SSSR count). The Morgan fingerprint density at radius 3 is 2.25 bits per heavy atom. The van der Waals surface area contributed by atoms with Crippen LogP contribution in [0.4, 0.5) is 5.69 Å². The molecule has 6 heteroatoms. The molecule has 4 nitrogen and oxygen atoms in total. The second-order valence-electron chi connectivity index (χ2n) is 5.18. The third kappa shape index (κ3) is 5.78. The topological polar surface area (TPSA) is 64.3 Å². The monoisotopic (exact) mass is 362 g/mol. The molecule has 0 unspecified atom stereocenters. The van der Waals surface area contributed by atoms with Crippen LogP contribution in [-0.2, 0) is 4.79 Å². The standard InChI is InChI=1S/C18H22N2O2S2/c1-22-14-5-9-16(10-6-14)24-15-7-3-13(4-8-15)20-18(21)17(19)11-12-23-2/h3-10,17H,11-12,19H2,1-2H3,(H,20,21)/t17-/m0/s1. The zero-order valence-corrected chi connectivity index (χ0v) is 15.5. The lowest BCUT2D eigenvalue weighted by molar-refractivity contribution is -0.117. The molecule has 0 saturated carbocycles. The van der Waals surface area contributed by atoms with E-state index in [4.69, 9.17) is 10.5 Å². The van der Waals surface area contributed by atoms with Crippen molar-refractivity contribution < 1.29 is 9.53 Å². The number of methoxy groups -OCH3 is 1. The van der Waals surface area contributed by atoms with E-state index in [9.17, 15) is 4.79 Å². The third-order valence-electron chi connectivity index (χ3n) is 3.39. The molecule has 24 heavy (non-hydrogen) atoms. The lowest BCUT2D eigenvalue weighted by Crippen LogP contribution is -2.36. The molecular weight excluding hydrogens is 340 g/mol. The molecule has 0 bridgehead atoms. The molecule has 0 aromatic heterocycles. The van der Waals surface area contributed by atoms with Crippen LogP contribution in [0.25, 0.3) is 0 Å². The van der Waals surface area contributed by atoms with Crippen LogP contribution in [0.5, 0.6) is 5.75 Å². The number of benzene rings is 2.